The van der Waals surface area contributed by atoms with Crippen molar-refractivity contribution in [3.05, 3.63) is 77.9 Å². The van der Waals surface area contributed by atoms with Crippen LogP contribution in [0.3, 0.4) is 0 Å². The Balaban J connectivity index is 1.65. The van der Waals surface area contributed by atoms with Crippen molar-refractivity contribution in [1.82, 2.24) is 0 Å². The Morgan fingerprint density at radius 2 is 1.58 bits per heavy atom. The van der Waals surface area contributed by atoms with Gasteiger partial charge >= 0.3 is 6.18 Å². The Bertz CT molecular complexity index is 1240. The minimum absolute atomic E-state index is 0.0285. The zero-order chi connectivity index (χ0) is 25.9. The van der Waals surface area contributed by atoms with Crippen LogP contribution >= 0.6 is 0 Å². The number of aliphatic hydroxyl groups is 1. The van der Waals surface area contributed by atoms with Gasteiger partial charge in [0.2, 0.25) is 0 Å². The summed E-state index contributed by atoms with van der Waals surface area (Å²) < 4.78 is 40.0. The van der Waals surface area contributed by atoms with Gasteiger partial charge in [0, 0.05) is 23.5 Å². The normalized spacial score (nSPS) is 16.3. The van der Waals surface area contributed by atoms with Crippen molar-refractivity contribution in [2.45, 2.75) is 50.3 Å². The molecule has 0 aliphatic heterocycles. The second-order valence-electron chi connectivity index (χ2n) is 9.52. The fourth-order valence-corrected chi connectivity index (χ4v) is 5.00. The highest BCUT2D eigenvalue weighted by atomic mass is 19.4. The Kier molecular flexibility index (Phi) is 7.26. The predicted molar refractivity (Wildman–Crippen MR) is 136 cm³/mol. The average molecular weight is 498 g/mol. The van der Waals surface area contributed by atoms with Crippen LogP contribution in [0, 0.1) is 5.92 Å². The van der Waals surface area contributed by atoms with E-state index in [0.29, 0.717) is 18.5 Å². The first-order chi connectivity index (χ1) is 17.1. The molecule has 36 heavy (non-hydrogen) atoms. The van der Waals surface area contributed by atoms with Gasteiger partial charge in [-0.05, 0) is 65.8 Å². The molecule has 3 aromatic carbocycles. The lowest BCUT2D eigenvalue weighted by Crippen LogP contribution is -2.51. The second kappa shape index (κ2) is 10.2. The van der Waals surface area contributed by atoms with Gasteiger partial charge in [-0.1, -0.05) is 55.7 Å². The molecule has 0 bridgehead atoms. The number of nitrogens with two attached hydrogens (primary N) is 2. The summed E-state index contributed by atoms with van der Waals surface area (Å²) in [5.74, 6) is -1.04. The molecule has 1 fully saturated rings. The third kappa shape index (κ3) is 5.65. The molecule has 0 aromatic heterocycles. The van der Waals surface area contributed by atoms with Gasteiger partial charge in [0.05, 0.1) is 5.56 Å². The standard InChI is InChI=1S/C28H30F3N3O2/c29-28(30,31)24-16-23(12-13-25(24)33)34-26(35)27(36,21-9-2-1-3-10-21)17-18-6-4-7-19(14-18)20-8-5-11-22(32)15-20/h4-8,11-16,21,36H,1-3,9-10,17,32-33H2,(H,34,35). The minimum atomic E-state index is -4.66. The maximum atomic E-state index is 13.5. The van der Waals surface area contributed by atoms with Gasteiger partial charge in [0.15, 0.2) is 0 Å². The van der Waals surface area contributed by atoms with Crippen molar-refractivity contribution in [3.8, 4) is 11.1 Å². The first kappa shape index (κ1) is 25.6. The summed E-state index contributed by atoms with van der Waals surface area (Å²) in [4.78, 5) is 13.5. The molecule has 0 saturated heterocycles. The van der Waals surface area contributed by atoms with Crippen LogP contribution in [0.2, 0.25) is 0 Å². The third-order valence-electron chi connectivity index (χ3n) is 6.91. The van der Waals surface area contributed by atoms with E-state index in [2.05, 4.69) is 5.32 Å². The van der Waals surface area contributed by atoms with Crippen molar-refractivity contribution in [1.29, 1.82) is 0 Å². The van der Waals surface area contributed by atoms with Crippen LogP contribution in [0.25, 0.3) is 11.1 Å². The molecule has 1 aliphatic carbocycles. The Labute approximate surface area is 208 Å². The fourth-order valence-electron chi connectivity index (χ4n) is 5.00. The topological polar surface area (TPSA) is 101 Å². The molecule has 1 aliphatic rings. The summed E-state index contributed by atoms with van der Waals surface area (Å²) in [6, 6.07) is 18.1. The number of halogens is 3. The number of anilines is 3. The molecule has 190 valence electrons. The van der Waals surface area contributed by atoms with E-state index >= 15 is 0 Å². The Morgan fingerprint density at radius 3 is 2.25 bits per heavy atom. The highest BCUT2D eigenvalue weighted by Gasteiger charge is 2.44. The third-order valence-corrected chi connectivity index (χ3v) is 6.91. The molecular weight excluding hydrogens is 467 g/mol. The molecule has 1 atom stereocenters. The maximum absolute atomic E-state index is 13.5. The number of benzene rings is 3. The number of carbonyl (C=O) groups excluding carboxylic acids is 1. The fraction of sp³-hybridized carbons (Fsp3) is 0.321. The molecule has 0 radical (unpaired) electrons. The first-order valence-corrected chi connectivity index (χ1v) is 12.0. The number of carbonyl (C=O) groups is 1. The molecule has 0 spiro atoms. The van der Waals surface area contributed by atoms with E-state index in [0.717, 1.165) is 48.1 Å². The van der Waals surface area contributed by atoms with Crippen LogP contribution in [0.15, 0.2) is 66.7 Å². The number of hydrogen-bond acceptors (Lipinski definition) is 4. The molecule has 3 aromatic rings. The largest absolute Gasteiger partial charge is 0.418 e. The van der Waals surface area contributed by atoms with Crippen LogP contribution in [0.5, 0.6) is 0 Å². The summed E-state index contributed by atoms with van der Waals surface area (Å²) in [7, 11) is 0. The minimum Gasteiger partial charge on any atom is -0.399 e. The molecule has 5 nitrogen and oxygen atoms in total. The quantitative estimate of drug-likeness (QED) is 0.312. The smallest absolute Gasteiger partial charge is 0.399 e. The van der Waals surface area contributed by atoms with Crippen molar-refractivity contribution >= 4 is 23.0 Å². The van der Waals surface area contributed by atoms with Gasteiger partial charge in [0.25, 0.3) is 5.91 Å². The molecule has 8 heteroatoms. The van der Waals surface area contributed by atoms with Crippen LogP contribution < -0.4 is 16.8 Å². The van der Waals surface area contributed by atoms with Gasteiger partial charge in [-0.25, -0.2) is 0 Å². The lowest BCUT2D eigenvalue weighted by molar-refractivity contribution is -0.142. The number of amides is 1. The zero-order valence-corrected chi connectivity index (χ0v) is 19.8. The zero-order valence-electron chi connectivity index (χ0n) is 19.8. The first-order valence-electron chi connectivity index (χ1n) is 12.0. The summed E-state index contributed by atoms with van der Waals surface area (Å²) in [5.41, 5.74) is 11.3. The second-order valence-corrected chi connectivity index (χ2v) is 9.52. The van der Waals surface area contributed by atoms with Crippen molar-refractivity contribution in [3.63, 3.8) is 0 Å². The number of hydrogen-bond donors (Lipinski definition) is 4. The number of nitrogens with one attached hydrogen (secondary N) is 1. The van der Waals surface area contributed by atoms with E-state index in [4.69, 9.17) is 11.5 Å². The SMILES string of the molecule is Nc1cccc(-c2cccc(CC(O)(C(=O)Nc3ccc(N)c(C(F)(F)F)c3)C3CCCCC3)c2)c1. The van der Waals surface area contributed by atoms with E-state index < -0.39 is 28.9 Å². The number of rotatable bonds is 6. The molecule has 4 rings (SSSR count). The number of nitrogen functional groups attached to an aromatic ring is 2. The molecule has 0 heterocycles. The average Bonchev–Trinajstić information content (AvgIpc) is 2.85. The lowest BCUT2D eigenvalue weighted by atomic mass is 9.73. The van der Waals surface area contributed by atoms with Gasteiger partial charge in [0.1, 0.15) is 5.60 Å². The van der Waals surface area contributed by atoms with Gasteiger partial charge in [-0.15, -0.1) is 0 Å². The van der Waals surface area contributed by atoms with Crippen LogP contribution in [0.1, 0.15) is 43.2 Å². The van der Waals surface area contributed by atoms with Gasteiger partial charge in [-0.3, -0.25) is 4.79 Å². The molecule has 1 amide bonds. The van der Waals surface area contributed by atoms with E-state index in [-0.39, 0.29) is 18.0 Å². The highest BCUT2D eigenvalue weighted by Crippen LogP contribution is 2.38. The van der Waals surface area contributed by atoms with Crippen LogP contribution in [0.4, 0.5) is 30.2 Å². The van der Waals surface area contributed by atoms with Crippen LogP contribution in [-0.4, -0.2) is 16.6 Å². The maximum Gasteiger partial charge on any atom is 0.418 e. The highest BCUT2D eigenvalue weighted by molar-refractivity contribution is 5.98. The van der Waals surface area contributed by atoms with Crippen LogP contribution in [-0.2, 0) is 17.4 Å². The van der Waals surface area contributed by atoms with Crippen molar-refractivity contribution in [2.75, 3.05) is 16.8 Å². The monoisotopic (exact) mass is 497 g/mol. The van der Waals surface area contributed by atoms with E-state index in [1.165, 1.54) is 6.07 Å². The Hall–Kier alpha value is -3.52. The van der Waals surface area contributed by atoms with Gasteiger partial charge < -0.3 is 21.9 Å². The molecule has 1 saturated carbocycles. The summed E-state index contributed by atoms with van der Waals surface area (Å²) in [5, 5.41) is 14.4. The van der Waals surface area contributed by atoms with E-state index in [1.54, 1.807) is 6.07 Å². The van der Waals surface area contributed by atoms with Crippen molar-refractivity contribution < 1.29 is 23.1 Å². The molecule has 1 unspecified atom stereocenters. The van der Waals surface area contributed by atoms with Gasteiger partial charge in [-0.2, -0.15) is 13.2 Å². The summed E-state index contributed by atoms with van der Waals surface area (Å²) >= 11 is 0. The predicted octanol–water partition coefficient (Wildman–Crippen LogP) is 6.03. The molecular formula is C28H30F3N3O2. The van der Waals surface area contributed by atoms with E-state index in [9.17, 15) is 23.1 Å². The van der Waals surface area contributed by atoms with E-state index in [1.807, 2.05) is 42.5 Å². The summed E-state index contributed by atoms with van der Waals surface area (Å²) in [6.07, 6.45) is -0.533. The Morgan fingerprint density at radius 1 is 0.917 bits per heavy atom. The van der Waals surface area contributed by atoms with Crippen molar-refractivity contribution in [2.24, 2.45) is 5.92 Å². The lowest BCUT2D eigenvalue weighted by Gasteiger charge is -2.37. The molecule has 6 N–H and O–H groups in total. The summed E-state index contributed by atoms with van der Waals surface area (Å²) in [6.45, 7) is 0. The number of alkyl halides is 3.